The molecule has 4 nitrogen and oxygen atoms in total. The number of nitrogens with zero attached hydrogens (tertiary/aromatic N) is 1. The van der Waals surface area contributed by atoms with Gasteiger partial charge >= 0.3 is 0 Å². The summed E-state index contributed by atoms with van der Waals surface area (Å²) in [7, 11) is -3.54. The molecule has 106 valence electrons. The van der Waals surface area contributed by atoms with Crippen LogP contribution >= 0.6 is 27.3 Å². The number of nitrogen functional groups attached to an aromatic ring is 1. The molecule has 0 spiro atoms. The molecule has 0 saturated carbocycles. The van der Waals surface area contributed by atoms with Crippen LogP contribution in [0.5, 0.6) is 0 Å². The highest BCUT2D eigenvalue weighted by Gasteiger charge is 2.30. The van der Waals surface area contributed by atoms with Gasteiger partial charge in [-0.05, 0) is 41.6 Å². The summed E-state index contributed by atoms with van der Waals surface area (Å²) in [4.78, 5) is 1.46. The van der Waals surface area contributed by atoms with Gasteiger partial charge < -0.3 is 5.73 Å². The molecule has 0 radical (unpaired) electrons. The number of halogens is 1. The molecular weight excluding hydrogens is 360 g/mol. The van der Waals surface area contributed by atoms with Crippen molar-refractivity contribution in [2.24, 2.45) is 0 Å². The first-order valence-electron chi connectivity index (χ1n) is 6.09. The quantitative estimate of drug-likeness (QED) is 0.824. The first kappa shape index (κ1) is 14.1. The minimum Gasteiger partial charge on any atom is -0.398 e. The Hall–Kier alpha value is -0.890. The topological polar surface area (TPSA) is 63.4 Å². The molecule has 2 N–H and O–H groups in total. The number of fused-ring (bicyclic) bond motifs is 1. The minimum absolute atomic E-state index is 0.180. The van der Waals surface area contributed by atoms with E-state index in [4.69, 9.17) is 5.73 Å². The van der Waals surface area contributed by atoms with Crippen molar-refractivity contribution in [3.05, 3.63) is 44.6 Å². The molecule has 1 aromatic carbocycles. The molecule has 0 saturated heterocycles. The Morgan fingerprint density at radius 2 is 2.10 bits per heavy atom. The summed E-state index contributed by atoms with van der Waals surface area (Å²) in [5, 5.41) is 2.01. The Balaban J connectivity index is 1.97. The molecule has 2 heterocycles. The van der Waals surface area contributed by atoms with Crippen molar-refractivity contribution in [2.45, 2.75) is 17.9 Å². The van der Waals surface area contributed by atoms with Gasteiger partial charge in [0.2, 0.25) is 10.0 Å². The van der Waals surface area contributed by atoms with E-state index in [9.17, 15) is 8.42 Å². The van der Waals surface area contributed by atoms with Crippen LogP contribution in [0.15, 0.2) is 39.0 Å². The number of sulfonamides is 1. The highest BCUT2D eigenvalue weighted by molar-refractivity contribution is 9.10. The Kier molecular flexibility index (Phi) is 3.62. The van der Waals surface area contributed by atoms with E-state index in [-0.39, 0.29) is 10.6 Å². The second kappa shape index (κ2) is 5.14. The number of anilines is 1. The zero-order valence-electron chi connectivity index (χ0n) is 10.5. The monoisotopic (exact) mass is 372 g/mol. The van der Waals surface area contributed by atoms with Crippen molar-refractivity contribution in [1.82, 2.24) is 4.31 Å². The Morgan fingerprint density at radius 1 is 1.30 bits per heavy atom. The summed E-state index contributed by atoms with van der Waals surface area (Å²) >= 11 is 4.97. The largest absolute Gasteiger partial charge is 0.398 e. The Morgan fingerprint density at radius 3 is 2.85 bits per heavy atom. The normalized spacial score (nSPS) is 16.1. The molecule has 1 aliphatic heterocycles. The summed E-state index contributed by atoms with van der Waals surface area (Å²) in [6, 6.07) is 6.86. The van der Waals surface area contributed by atoms with Gasteiger partial charge in [0.1, 0.15) is 4.90 Å². The van der Waals surface area contributed by atoms with E-state index in [0.717, 1.165) is 16.5 Å². The minimum atomic E-state index is -3.54. The third-order valence-electron chi connectivity index (χ3n) is 3.36. The lowest BCUT2D eigenvalue weighted by Crippen LogP contribution is -2.35. The zero-order chi connectivity index (χ0) is 14.3. The van der Waals surface area contributed by atoms with Crippen LogP contribution in [0.1, 0.15) is 10.4 Å². The summed E-state index contributed by atoms with van der Waals surface area (Å²) in [5.41, 5.74) is 7.23. The lowest BCUT2D eigenvalue weighted by atomic mass is 10.1. The van der Waals surface area contributed by atoms with E-state index in [1.807, 2.05) is 11.4 Å². The van der Waals surface area contributed by atoms with Crippen molar-refractivity contribution in [3.8, 4) is 0 Å². The third-order valence-corrected chi connectivity index (χ3v) is 6.80. The lowest BCUT2D eigenvalue weighted by Gasteiger charge is -2.26. The molecule has 3 rings (SSSR count). The highest BCUT2D eigenvalue weighted by Crippen LogP contribution is 2.31. The summed E-state index contributed by atoms with van der Waals surface area (Å²) in [5.74, 6) is 0. The molecule has 0 unspecified atom stereocenters. The number of hydrogen-bond acceptors (Lipinski definition) is 4. The van der Waals surface area contributed by atoms with Crippen molar-refractivity contribution in [2.75, 3.05) is 12.3 Å². The zero-order valence-corrected chi connectivity index (χ0v) is 13.8. The Bertz CT molecular complexity index is 755. The van der Waals surface area contributed by atoms with Crippen molar-refractivity contribution >= 4 is 43.0 Å². The second-order valence-corrected chi connectivity index (χ2v) is 8.46. The molecule has 0 atom stereocenters. The van der Waals surface area contributed by atoms with Crippen molar-refractivity contribution in [1.29, 1.82) is 0 Å². The fourth-order valence-electron chi connectivity index (χ4n) is 2.32. The lowest BCUT2D eigenvalue weighted by molar-refractivity contribution is 0.394. The number of rotatable bonds is 2. The summed E-state index contributed by atoms with van der Waals surface area (Å²) in [6.07, 6.45) is 0.767. The van der Waals surface area contributed by atoms with Crippen LogP contribution in [0.25, 0.3) is 0 Å². The van der Waals surface area contributed by atoms with Crippen LogP contribution in [-0.2, 0) is 23.0 Å². The molecule has 7 heteroatoms. The van der Waals surface area contributed by atoms with Gasteiger partial charge in [-0.3, -0.25) is 0 Å². The predicted octanol–water partition coefficient (Wildman–Crippen LogP) is 2.84. The van der Waals surface area contributed by atoms with Gasteiger partial charge in [-0.2, -0.15) is 4.31 Å². The average molecular weight is 373 g/mol. The number of thiophene rings is 1. The first-order valence-corrected chi connectivity index (χ1v) is 9.20. The number of benzene rings is 1. The molecule has 1 aromatic heterocycles. The van der Waals surface area contributed by atoms with E-state index in [1.165, 1.54) is 9.18 Å². The molecule has 1 aliphatic rings. The highest BCUT2D eigenvalue weighted by atomic mass is 79.9. The summed E-state index contributed by atoms with van der Waals surface area (Å²) in [6.45, 7) is 0.933. The first-order chi connectivity index (χ1) is 9.48. The van der Waals surface area contributed by atoms with Crippen LogP contribution in [0.2, 0.25) is 0 Å². The molecule has 20 heavy (non-hydrogen) atoms. The Labute approximate surface area is 130 Å². The van der Waals surface area contributed by atoms with Crippen LogP contribution in [-0.4, -0.2) is 19.3 Å². The molecule has 0 bridgehead atoms. The molecule has 0 aliphatic carbocycles. The third kappa shape index (κ3) is 2.39. The van der Waals surface area contributed by atoms with E-state index in [0.29, 0.717) is 13.1 Å². The molecule has 2 aromatic rings. The molecule has 0 fully saturated rings. The van der Waals surface area contributed by atoms with E-state index < -0.39 is 10.0 Å². The van der Waals surface area contributed by atoms with Gasteiger partial charge in [0.15, 0.2) is 0 Å². The maximum atomic E-state index is 12.7. The molecular formula is C13H13BrN2O2S2. The van der Waals surface area contributed by atoms with E-state index >= 15 is 0 Å². The summed E-state index contributed by atoms with van der Waals surface area (Å²) < 4.78 is 27.6. The fraction of sp³-hybridized carbons (Fsp3) is 0.231. The predicted molar refractivity (Wildman–Crippen MR) is 84.2 cm³/mol. The van der Waals surface area contributed by atoms with Crippen LogP contribution in [0, 0.1) is 0 Å². The molecule has 0 amide bonds. The maximum Gasteiger partial charge on any atom is 0.245 e. The van der Waals surface area contributed by atoms with Gasteiger partial charge in [0.25, 0.3) is 0 Å². The maximum absolute atomic E-state index is 12.7. The van der Waals surface area contributed by atoms with Gasteiger partial charge in [0, 0.05) is 22.4 Å². The SMILES string of the molecule is Nc1cc(Br)ccc1S(=O)(=O)N1CCc2sccc2C1. The second-order valence-electron chi connectivity index (χ2n) is 4.64. The van der Waals surface area contributed by atoms with Gasteiger partial charge in [-0.25, -0.2) is 8.42 Å². The van der Waals surface area contributed by atoms with Crippen molar-refractivity contribution < 1.29 is 8.42 Å². The smallest absolute Gasteiger partial charge is 0.245 e. The number of nitrogens with two attached hydrogens (primary N) is 1. The van der Waals surface area contributed by atoms with E-state index in [2.05, 4.69) is 15.9 Å². The van der Waals surface area contributed by atoms with Crippen LogP contribution in [0.3, 0.4) is 0 Å². The van der Waals surface area contributed by atoms with Crippen LogP contribution < -0.4 is 5.73 Å². The van der Waals surface area contributed by atoms with Crippen molar-refractivity contribution in [3.63, 3.8) is 0 Å². The number of hydrogen-bond donors (Lipinski definition) is 1. The van der Waals surface area contributed by atoms with Gasteiger partial charge in [-0.15, -0.1) is 11.3 Å². The fourth-order valence-corrected chi connectivity index (χ4v) is 5.11. The van der Waals surface area contributed by atoms with Gasteiger partial charge in [-0.1, -0.05) is 15.9 Å². The van der Waals surface area contributed by atoms with E-state index in [1.54, 1.807) is 29.5 Å². The average Bonchev–Trinajstić information content (AvgIpc) is 2.85. The van der Waals surface area contributed by atoms with Gasteiger partial charge in [0.05, 0.1) is 5.69 Å². The van der Waals surface area contributed by atoms with Crippen LogP contribution in [0.4, 0.5) is 5.69 Å². The standard InChI is InChI=1S/C13H13BrN2O2S2/c14-10-1-2-13(11(15)7-10)20(17,18)16-5-3-12-9(8-16)4-6-19-12/h1-2,4,6-7H,3,5,8,15H2.